The maximum Gasteiger partial charge on any atom is 0.243 e. The molecule has 6 heterocycles. The SMILES string of the molecule is CN1C(=O)[C@]23CCCN2C[C@]12Cc1c([nH]c4c5c(ccc14)OC(C)(C)C(O)CO5)C(C)(C)[C@H]2C3. The van der Waals surface area contributed by atoms with Crippen molar-refractivity contribution < 1.29 is 19.4 Å². The largest absolute Gasteiger partial charge is 0.485 e. The summed E-state index contributed by atoms with van der Waals surface area (Å²) in [4.78, 5) is 22.1. The highest BCUT2D eigenvalue weighted by atomic mass is 16.6. The van der Waals surface area contributed by atoms with Crippen molar-refractivity contribution in [1.82, 2.24) is 14.8 Å². The first kappa shape index (κ1) is 21.1. The first-order valence-corrected chi connectivity index (χ1v) is 12.7. The zero-order chi connectivity index (χ0) is 23.8. The van der Waals surface area contributed by atoms with E-state index in [0.717, 1.165) is 49.7 Å². The molecular weight excluding hydrogens is 430 g/mol. The molecule has 1 aromatic heterocycles. The smallest absolute Gasteiger partial charge is 0.243 e. The third kappa shape index (κ3) is 2.24. The summed E-state index contributed by atoms with van der Waals surface area (Å²) in [7, 11) is 2.05. The number of piperazine rings is 1. The molecule has 0 radical (unpaired) electrons. The van der Waals surface area contributed by atoms with E-state index in [-0.39, 0.29) is 23.1 Å². The number of hydrogen-bond donors (Lipinski definition) is 2. The predicted octanol–water partition coefficient (Wildman–Crippen LogP) is 2.98. The lowest BCUT2D eigenvalue weighted by molar-refractivity contribution is -0.191. The van der Waals surface area contributed by atoms with Crippen LogP contribution in [0.2, 0.25) is 0 Å². The van der Waals surface area contributed by atoms with Gasteiger partial charge in [0.25, 0.3) is 0 Å². The number of likely N-dealkylation sites (N-methyl/N-ethyl adjacent to an activating group) is 1. The Kier molecular flexibility index (Phi) is 3.78. The number of aliphatic hydroxyl groups excluding tert-OH is 1. The molecule has 0 saturated carbocycles. The Hall–Kier alpha value is -2.25. The van der Waals surface area contributed by atoms with E-state index < -0.39 is 11.7 Å². The monoisotopic (exact) mass is 465 g/mol. The molecule has 2 bridgehead atoms. The number of aromatic amines is 1. The molecule has 6 aliphatic rings. The Balaban J connectivity index is 1.42. The second-order valence-corrected chi connectivity index (χ2v) is 12.5. The summed E-state index contributed by atoms with van der Waals surface area (Å²) in [5.74, 6) is 2.05. The molecule has 7 nitrogen and oxygen atoms in total. The van der Waals surface area contributed by atoms with Crippen molar-refractivity contribution in [2.45, 2.75) is 81.6 Å². The number of ether oxygens (including phenoxy) is 2. The molecule has 8 rings (SSSR count). The normalized spacial score (nSPS) is 37.4. The molecule has 182 valence electrons. The van der Waals surface area contributed by atoms with Crippen LogP contribution in [0.25, 0.3) is 10.9 Å². The van der Waals surface area contributed by atoms with Gasteiger partial charge in [-0.05, 0) is 69.7 Å². The number of nitrogens with zero attached hydrogens (tertiary/aromatic N) is 2. The summed E-state index contributed by atoms with van der Waals surface area (Å²) in [6.07, 6.45) is 3.16. The van der Waals surface area contributed by atoms with Crippen LogP contribution in [0, 0.1) is 5.92 Å². The Morgan fingerprint density at radius 1 is 1.21 bits per heavy atom. The molecule has 1 aliphatic carbocycles. The van der Waals surface area contributed by atoms with Gasteiger partial charge >= 0.3 is 0 Å². The van der Waals surface area contributed by atoms with Gasteiger partial charge in [-0.25, -0.2) is 0 Å². The molecule has 1 amide bonds. The topological polar surface area (TPSA) is 78.0 Å². The fraction of sp³-hybridized carbons (Fsp3) is 0.667. The Labute approximate surface area is 200 Å². The minimum atomic E-state index is -0.730. The van der Waals surface area contributed by atoms with Crippen LogP contribution < -0.4 is 9.47 Å². The quantitative estimate of drug-likeness (QED) is 0.626. The first-order valence-electron chi connectivity index (χ1n) is 12.7. The van der Waals surface area contributed by atoms with E-state index in [0.29, 0.717) is 23.3 Å². The number of fused-ring (bicyclic) bond motifs is 6. The lowest BCUT2D eigenvalue weighted by atomic mass is 9.51. The zero-order valence-electron chi connectivity index (χ0n) is 20.8. The van der Waals surface area contributed by atoms with Gasteiger partial charge in [-0.15, -0.1) is 0 Å². The highest BCUT2D eigenvalue weighted by Gasteiger charge is 2.70. The third-order valence-electron chi connectivity index (χ3n) is 10.2. The molecule has 1 aromatic carbocycles. The van der Waals surface area contributed by atoms with Gasteiger partial charge in [-0.3, -0.25) is 9.69 Å². The molecular formula is C27H35N3O4. The van der Waals surface area contributed by atoms with Crippen LogP contribution in [0.5, 0.6) is 11.5 Å². The molecule has 4 fully saturated rings. The number of H-pyrrole nitrogens is 1. The number of carbonyl (C=O) groups is 1. The van der Waals surface area contributed by atoms with Crippen molar-refractivity contribution in [3.05, 3.63) is 23.4 Å². The second kappa shape index (κ2) is 6.11. The minimum Gasteiger partial charge on any atom is -0.485 e. The number of carbonyl (C=O) groups excluding carboxylic acids is 1. The van der Waals surface area contributed by atoms with E-state index >= 15 is 0 Å². The van der Waals surface area contributed by atoms with E-state index in [1.54, 1.807) is 0 Å². The lowest BCUT2D eigenvalue weighted by Gasteiger charge is -2.68. The third-order valence-corrected chi connectivity index (χ3v) is 10.2. The van der Waals surface area contributed by atoms with Crippen molar-refractivity contribution in [2.75, 3.05) is 26.7 Å². The van der Waals surface area contributed by atoms with Gasteiger partial charge < -0.3 is 24.5 Å². The van der Waals surface area contributed by atoms with Gasteiger partial charge in [0.1, 0.15) is 23.9 Å². The van der Waals surface area contributed by atoms with E-state index in [2.05, 4.69) is 34.7 Å². The van der Waals surface area contributed by atoms with Crippen LogP contribution in [-0.4, -0.2) is 75.3 Å². The van der Waals surface area contributed by atoms with Gasteiger partial charge in [-0.2, -0.15) is 0 Å². The van der Waals surface area contributed by atoms with Crippen molar-refractivity contribution >= 4 is 16.8 Å². The van der Waals surface area contributed by atoms with Crippen molar-refractivity contribution in [2.24, 2.45) is 5.92 Å². The van der Waals surface area contributed by atoms with Crippen LogP contribution in [0.1, 0.15) is 58.2 Å². The highest BCUT2D eigenvalue weighted by molar-refractivity contribution is 5.94. The summed E-state index contributed by atoms with van der Waals surface area (Å²) in [5, 5.41) is 11.7. The number of benzene rings is 1. The van der Waals surface area contributed by atoms with Crippen LogP contribution in [0.3, 0.4) is 0 Å². The summed E-state index contributed by atoms with van der Waals surface area (Å²) in [6.45, 7) is 10.7. The number of hydrogen-bond acceptors (Lipinski definition) is 5. The molecule has 1 unspecified atom stereocenters. The predicted molar refractivity (Wildman–Crippen MR) is 128 cm³/mol. The van der Waals surface area contributed by atoms with Crippen molar-refractivity contribution in [3.63, 3.8) is 0 Å². The number of piperidine rings is 2. The molecule has 7 heteroatoms. The fourth-order valence-electron chi connectivity index (χ4n) is 8.20. The van der Waals surface area contributed by atoms with Crippen LogP contribution in [-0.2, 0) is 16.6 Å². The average Bonchev–Trinajstić information content (AvgIpc) is 3.34. The molecule has 2 N–H and O–H groups in total. The van der Waals surface area contributed by atoms with E-state index in [1.165, 1.54) is 11.3 Å². The molecule has 5 aliphatic heterocycles. The van der Waals surface area contributed by atoms with E-state index in [4.69, 9.17) is 9.47 Å². The summed E-state index contributed by atoms with van der Waals surface area (Å²) in [6, 6.07) is 4.10. The van der Waals surface area contributed by atoms with Gasteiger partial charge in [0.05, 0.1) is 11.1 Å². The van der Waals surface area contributed by atoms with E-state index in [1.807, 2.05) is 27.0 Å². The first-order chi connectivity index (χ1) is 16.0. The minimum absolute atomic E-state index is 0.125. The summed E-state index contributed by atoms with van der Waals surface area (Å²) in [5.41, 5.74) is 2.13. The number of nitrogens with one attached hydrogen (secondary N) is 1. The lowest BCUT2D eigenvalue weighted by Crippen LogP contribution is -2.82. The summed E-state index contributed by atoms with van der Waals surface area (Å²) < 4.78 is 12.4. The Morgan fingerprint density at radius 2 is 2.00 bits per heavy atom. The maximum atomic E-state index is 13.7. The molecule has 2 spiro atoms. The van der Waals surface area contributed by atoms with Crippen molar-refractivity contribution in [3.8, 4) is 11.5 Å². The molecule has 4 saturated heterocycles. The zero-order valence-corrected chi connectivity index (χ0v) is 20.8. The number of aromatic nitrogens is 1. The van der Waals surface area contributed by atoms with Crippen LogP contribution in [0.4, 0.5) is 0 Å². The number of rotatable bonds is 0. The molecule has 2 aromatic rings. The number of aliphatic hydroxyl groups is 1. The van der Waals surface area contributed by atoms with Gasteiger partial charge in [-0.1, -0.05) is 13.8 Å². The van der Waals surface area contributed by atoms with Gasteiger partial charge in [0.2, 0.25) is 5.91 Å². The standard InChI is InChI=1S/C27H35N3O4/c1-24(2)18-12-26-9-6-10-30(26)14-27(18,29(5)23(26)32)11-16-15-7-8-17-21(20(15)28-22(16)24)33-13-19(31)25(3,4)34-17/h7-8,18-19,28,31H,6,9-14H2,1-5H3/t18-,19?,26-,27+/m1/s1. The number of amides is 1. The fourth-order valence-corrected chi connectivity index (χ4v) is 8.20. The Bertz CT molecular complexity index is 1250. The average molecular weight is 466 g/mol. The van der Waals surface area contributed by atoms with Crippen LogP contribution >= 0.6 is 0 Å². The summed E-state index contributed by atoms with van der Waals surface area (Å²) >= 11 is 0. The molecule has 34 heavy (non-hydrogen) atoms. The van der Waals surface area contributed by atoms with Crippen LogP contribution in [0.15, 0.2) is 12.1 Å². The van der Waals surface area contributed by atoms with Gasteiger partial charge in [0.15, 0.2) is 11.5 Å². The second-order valence-electron chi connectivity index (χ2n) is 12.5. The maximum absolute atomic E-state index is 13.7. The Morgan fingerprint density at radius 3 is 2.79 bits per heavy atom. The van der Waals surface area contributed by atoms with Crippen molar-refractivity contribution in [1.29, 1.82) is 0 Å². The molecule has 4 atom stereocenters. The van der Waals surface area contributed by atoms with Gasteiger partial charge in [0, 0.05) is 30.1 Å². The van der Waals surface area contributed by atoms with E-state index in [9.17, 15) is 9.90 Å². The highest BCUT2D eigenvalue weighted by Crippen LogP contribution is 2.61.